The molecule has 0 saturated heterocycles. The Morgan fingerprint density at radius 1 is 1.07 bits per heavy atom. The summed E-state index contributed by atoms with van der Waals surface area (Å²) < 4.78 is 5.05. The Morgan fingerprint density at radius 3 is 2.27 bits per heavy atom. The molecule has 0 bridgehead atoms. The highest BCUT2D eigenvalue weighted by molar-refractivity contribution is 5.97. The van der Waals surface area contributed by atoms with Gasteiger partial charge in [-0.2, -0.15) is 5.10 Å². The van der Waals surface area contributed by atoms with Crippen LogP contribution in [0.15, 0.2) is 53.6 Å². The first kappa shape index (κ1) is 22.6. The molecule has 2 aromatic rings. The lowest BCUT2D eigenvalue weighted by Crippen LogP contribution is -2.48. The van der Waals surface area contributed by atoms with Crippen molar-refractivity contribution in [3.63, 3.8) is 0 Å². The van der Waals surface area contributed by atoms with Crippen LogP contribution in [0.2, 0.25) is 0 Å². The van der Waals surface area contributed by atoms with Gasteiger partial charge in [-0.3, -0.25) is 9.59 Å². The van der Waals surface area contributed by atoms with Crippen molar-refractivity contribution in [1.82, 2.24) is 10.7 Å². The van der Waals surface area contributed by atoms with Gasteiger partial charge < -0.3 is 15.2 Å². The first-order chi connectivity index (χ1) is 14.3. The van der Waals surface area contributed by atoms with Gasteiger partial charge in [-0.15, -0.1) is 0 Å². The maximum atomic E-state index is 12.5. The van der Waals surface area contributed by atoms with Crippen molar-refractivity contribution >= 4 is 24.0 Å². The zero-order valence-electron chi connectivity index (χ0n) is 17.1. The quantitative estimate of drug-likeness (QED) is 0.433. The highest BCUT2D eigenvalue weighted by Crippen LogP contribution is 2.11. The molecule has 0 fully saturated rings. The fourth-order valence-corrected chi connectivity index (χ4v) is 2.50. The molecule has 0 heterocycles. The molecule has 3 N–H and O–H groups in total. The van der Waals surface area contributed by atoms with E-state index in [-0.39, 0.29) is 11.8 Å². The van der Waals surface area contributed by atoms with E-state index in [1.54, 1.807) is 36.4 Å². The number of carbonyl (C=O) groups excluding carboxylic acids is 2. The van der Waals surface area contributed by atoms with Crippen LogP contribution in [-0.4, -0.2) is 41.8 Å². The second kappa shape index (κ2) is 10.8. The number of benzene rings is 2. The summed E-state index contributed by atoms with van der Waals surface area (Å²) in [5.74, 6) is -1.54. The van der Waals surface area contributed by atoms with Gasteiger partial charge in [-0.1, -0.05) is 31.5 Å². The number of amides is 2. The van der Waals surface area contributed by atoms with Crippen LogP contribution in [0.1, 0.15) is 35.3 Å². The van der Waals surface area contributed by atoms with E-state index in [1.807, 2.05) is 32.9 Å². The number of hydrazone groups is 1. The molecule has 0 radical (unpaired) electrons. The summed E-state index contributed by atoms with van der Waals surface area (Å²) in [6.07, 6.45) is 1.44. The van der Waals surface area contributed by atoms with E-state index in [9.17, 15) is 14.4 Å². The highest BCUT2D eigenvalue weighted by atomic mass is 16.5. The predicted octanol–water partition coefficient (Wildman–Crippen LogP) is 2.36. The van der Waals surface area contributed by atoms with Gasteiger partial charge in [-0.05, 0) is 54.8 Å². The molecule has 158 valence electrons. The first-order valence-electron chi connectivity index (χ1n) is 9.41. The fourth-order valence-electron chi connectivity index (χ4n) is 2.50. The van der Waals surface area contributed by atoms with E-state index in [4.69, 9.17) is 9.84 Å². The van der Waals surface area contributed by atoms with Crippen molar-refractivity contribution < 1.29 is 24.2 Å². The average molecular weight is 411 g/mol. The minimum absolute atomic E-state index is 0.139. The Morgan fingerprint density at radius 2 is 1.70 bits per heavy atom. The van der Waals surface area contributed by atoms with Gasteiger partial charge in [0.1, 0.15) is 11.8 Å². The van der Waals surface area contributed by atoms with Crippen LogP contribution in [0.3, 0.4) is 0 Å². The number of carboxylic acid groups (broad SMARTS) is 1. The fraction of sp³-hybridized carbons (Fsp3) is 0.273. The van der Waals surface area contributed by atoms with Crippen LogP contribution in [0, 0.1) is 12.8 Å². The molecule has 0 aliphatic heterocycles. The third-order valence-electron chi connectivity index (χ3n) is 4.18. The SMILES string of the molecule is Cc1ccc(C(=O)NC(C(=O)N/N=C/c2ccc(OCC(=O)O)cc2)C(C)C)cc1. The maximum absolute atomic E-state index is 12.5. The van der Waals surface area contributed by atoms with Crippen LogP contribution in [-0.2, 0) is 9.59 Å². The van der Waals surface area contributed by atoms with Crippen molar-refractivity contribution in [2.24, 2.45) is 11.0 Å². The third-order valence-corrected chi connectivity index (χ3v) is 4.18. The molecule has 1 unspecified atom stereocenters. The summed E-state index contributed by atoms with van der Waals surface area (Å²) in [4.78, 5) is 35.4. The van der Waals surface area contributed by atoms with E-state index in [1.165, 1.54) is 6.21 Å². The van der Waals surface area contributed by atoms with Crippen LogP contribution in [0.25, 0.3) is 0 Å². The van der Waals surface area contributed by atoms with Gasteiger partial charge >= 0.3 is 5.97 Å². The number of carbonyl (C=O) groups is 3. The van der Waals surface area contributed by atoms with Crippen molar-refractivity contribution in [3.05, 3.63) is 65.2 Å². The molecule has 0 aliphatic rings. The summed E-state index contributed by atoms with van der Waals surface area (Å²) in [6.45, 7) is 5.17. The molecular weight excluding hydrogens is 386 g/mol. The number of hydrogen-bond donors (Lipinski definition) is 3. The molecule has 0 saturated carbocycles. The second-order valence-electron chi connectivity index (χ2n) is 7.05. The molecule has 2 aromatic carbocycles. The number of nitrogens with zero attached hydrogens (tertiary/aromatic N) is 1. The lowest BCUT2D eigenvalue weighted by molar-refractivity contribution is -0.139. The Hall–Kier alpha value is -3.68. The lowest BCUT2D eigenvalue weighted by Gasteiger charge is -2.20. The standard InChI is InChI=1S/C22H25N3O5/c1-14(2)20(24-21(28)17-8-4-15(3)5-9-17)22(29)25-23-12-16-6-10-18(11-7-16)30-13-19(26)27/h4-12,14,20H,13H2,1-3H3,(H,24,28)(H,25,29)(H,26,27)/b23-12+. The molecule has 1 atom stereocenters. The van der Waals surface area contributed by atoms with Gasteiger partial charge in [0, 0.05) is 5.56 Å². The molecule has 8 nitrogen and oxygen atoms in total. The number of ether oxygens (including phenoxy) is 1. The lowest BCUT2D eigenvalue weighted by atomic mass is 10.0. The van der Waals surface area contributed by atoms with Crippen LogP contribution < -0.4 is 15.5 Å². The van der Waals surface area contributed by atoms with Crippen LogP contribution in [0.4, 0.5) is 0 Å². The smallest absolute Gasteiger partial charge is 0.341 e. The van der Waals surface area contributed by atoms with Crippen molar-refractivity contribution in [2.75, 3.05) is 6.61 Å². The van der Waals surface area contributed by atoms with Gasteiger partial charge in [0.2, 0.25) is 0 Å². The number of rotatable bonds is 9. The Kier molecular flexibility index (Phi) is 8.10. The third kappa shape index (κ3) is 7.05. The Balaban J connectivity index is 1.93. The van der Waals surface area contributed by atoms with Gasteiger partial charge in [0.25, 0.3) is 11.8 Å². The zero-order valence-corrected chi connectivity index (χ0v) is 17.1. The van der Waals surface area contributed by atoms with Crippen LogP contribution >= 0.6 is 0 Å². The summed E-state index contributed by atoms with van der Waals surface area (Å²) in [6, 6.07) is 12.9. The van der Waals surface area contributed by atoms with E-state index in [0.717, 1.165) is 5.56 Å². The molecule has 0 spiro atoms. The molecule has 2 rings (SSSR count). The summed E-state index contributed by atoms with van der Waals surface area (Å²) in [5.41, 5.74) is 4.64. The van der Waals surface area contributed by atoms with E-state index in [2.05, 4.69) is 15.8 Å². The number of aryl methyl sites for hydroxylation is 1. The summed E-state index contributed by atoms with van der Waals surface area (Å²) >= 11 is 0. The van der Waals surface area contributed by atoms with E-state index in [0.29, 0.717) is 16.9 Å². The van der Waals surface area contributed by atoms with Crippen molar-refractivity contribution in [3.8, 4) is 5.75 Å². The number of hydrogen-bond acceptors (Lipinski definition) is 5. The first-order valence-corrected chi connectivity index (χ1v) is 9.41. The molecule has 2 amide bonds. The number of carboxylic acids is 1. The summed E-state index contributed by atoms with van der Waals surface area (Å²) in [7, 11) is 0. The van der Waals surface area contributed by atoms with Crippen LogP contribution in [0.5, 0.6) is 5.75 Å². The van der Waals surface area contributed by atoms with Gasteiger partial charge in [0.05, 0.1) is 6.21 Å². The normalized spacial score (nSPS) is 11.9. The van der Waals surface area contributed by atoms with E-state index < -0.39 is 24.5 Å². The number of nitrogens with one attached hydrogen (secondary N) is 2. The van der Waals surface area contributed by atoms with Crippen molar-refractivity contribution in [2.45, 2.75) is 26.8 Å². The minimum Gasteiger partial charge on any atom is -0.482 e. The maximum Gasteiger partial charge on any atom is 0.341 e. The largest absolute Gasteiger partial charge is 0.482 e. The highest BCUT2D eigenvalue weighted by Gasteiger charge is 2.24. The topological polar surface area (TPSA) is 117 Å². The monoisotopic (exact) mass is 411 g/mol. The molecule has 30 heavy (non-hydrogen) atoms. The predicted molar refractivity (Wildman–Crippen MR) is 113 cm³/mol. The average Bonchev–Trinajstić information content (AvgIpc) is 2.71. The van der Waals surface area contributed by atoms with Crippen molar-refractivity contribution in [1.29, 1.82) is 0 Å². The van der Waals surface area contributed by atoms with Gasteiger partial charge in [0.15, 0.2) is 6.61 Å². The molecular formula is C22H25N3O5. The zero-order chi connectivity index (χ0) is 22.1. The summed E-state index contributed by atoms with van der Waals surface area (Å²) in [5, 5.41) is 15.3. The second-order valence-corrected chi connectivity index (χ2v) is 7.05. The Bertz CT molecular complexity index is 905. The van der Waals surface area contributed by atoms with Gasteiger partial charge in [-0.25, -0.2) is 10.2 Å². The molecule has 0 aliphatic carbocycles. The number of aliphatic carboxylic acids is 1. The minimum atomic E-state index is -1.06. The van der Waals surface area contributed by atoms with E-state index >= 15 is 0 Å². The molecule has 0 aromatic heterocycles. The molecule has 8 heteroatoms. The Labute approximate surface area is 174 Å².